The van der Waals surface area contributed by atoms with E-state index in [4.69, 9.17) is 5.73 Å². The number of rotatable bonds is 3. The van der Waals surface area contributed by atoms with E-state index in [2.05, 4.69) is 42.7 Å². The number of nitrogens with two attached hydrogens (primary N) is 1. The Balaban J connectivity index is 1.99. The molecule has 18 heavy (non-hydrogen) atoms. The fraction of sp³-hybridized carbons (Fsp3) is 0.600. The lowest BCUT2D eigenvalue weighted by Gasteiger charge is -2.37. The summed E-state index contributed by atoms with van der Waals surface area (Å²) in [6, 6.07) is 6.20. The number of benzene rings is 1. The van der Waals surface area contributed by atoms with Crippen LogP contribution in [-0.2, 0) is 0 Å². The highest BCUT2D eigenvalue weighted by atomic mass is 15.3. The van der Waals surface area contributed by atoms with Crippen molar-refractivity contribution in [3.05, 3.63) is 23.8 Å². The van der Waals surface area contributed by atoms with Gasteiger partial charge in [-0.15, -0.1) is 0 Å². The van der Waals surface area contributed by atoms with Crippen molar-refractivity contribution < 1.29 is 0 Å². The normalized spacial score (nSPS) is 17.4. The predicted octanol–water partition coefficient (Wildman–Crippen LogP) is 2.36. The van der Waals surface area contributed by atoms with Crippen LogP contribution in [0.3, 0.4) is 0 Å². The summed E-state index contributed by atoms with van der Waals surface area (Å²) in [5.41, 5.74) is 9.38. The van der Waals surface area contributed by atoms with Gasteiger partial charge in [-0.25, -0.2) is 0 Å². The summed E-state index contributed by atoms with van der Waals surface area (Å²) in [5.74, 6) is 0.755. The van der Waals surface area contributed by atoms with Crippen LogP contribution >= 0.6 is 0 Å². The molecule has 0 atom stereocenters. The van der Waals surface area contributed by atoms with Crippen LogP contribution in [0.25, 0.3) is 0 Å². The molecule has 0 saturated carbocycles. The molecule has 100 valence electrons. The fourth-order valence-electron chi connectivity index (χ4n) is 2.65. The van der Waals surface area contributed by atoms with Crippen LogP contribution in [-0.4, -0.2) is 37.6 Å². The summed E-state index contributed by atoms with van der Waals surface area (Å²) in [4.78, 5) is 5.02. The Morgan fingerprint density at radius 1 is 1.17 bits per heavy atom. The Morgan fingerprint density at radius 3 is 2.44 bits per heavy atom. The maximum atomic E-state index is 5.89. The minimum absolute atomic E-state index is 0.755. The van der Waals surface area contributed by atoms with E-state index in [1.807, 2.05) is 6.07 Å². The minimum atomic E-state index is 0.755. The molecule has 1 aromatic carbocycles. The third kappa shape index (κ3) is 3.16. The van der Waals surface area contributed by atoms with Gasteiger partial charge < -0.3 is 10.6 Å². The summed E-state index contributed by atoms with van der Waals surface area (Å²) < 4.78 is 0. The first-order valence-electron chi connectivity index (χ1n) is 6.89. The number of piperazine rings is 1. The smallest absolute Gasteiger partial charge is 0.0417 e. The lowest BCUT2D eigenvalue weighted by Crippen LogP contribution is -2.47. The Morgan fingerprint density at radius 2 is 1.83 bits per heavy atom. The number of nitrogen functional groups attached to an aromatic ring is 1. The maximum Gasteiger partial charge on any atom is 0.0417 e. The second-order valence-corrected chi connectivity index (χ2v) is 5.73. The minimum Gasteiger partial charge on any atom is -0.399 e. The van der Waals surface area contributed by atoms with E-state index in [1.165, 1.54) is 17.8 Å². The highest BCUT2D eigenvalue weighted by Crippen LogP contribution is 2.24. The second kappa shape index (κ2) is 5.61. The first kappa shape index (κ1) is 13.2. The van der Waals surface area contributed by atoms with E-state index in [1.54, 1.807) is 0 Å². The molecule has 1 heterocycles. The summed E-state index contributed by atoms with van der Waals surface area (Å²) in [7, 11) is 0. The molecule has 1 aliphatic heterocycles. The molecule has 0 aliphatic carbocycles. The SMILES string of the molecule is Cc1ccc(N)cc1N1CCN(CC(C)C)CC1. The standard InChI is InChI=1S/C15H25N3/c1-12(2)11-17-6-8-18(9-7-17)15-10-14(16)5-4-13(15)3/h4-5,10,12H,6-9,11,16H2,1-3H3. The van der Waals surface area contributed by atoms with Crippen LogP contribution in [0.4, 0.5) is 11.4 Å². The van der Waals surface area contributed by atoms with Crippen molar-refractivity contribution in [2.24, 2.45) is 5.92 Å². The summed E-state index contributed by atoms with van der Waals surface area (Å²) >= 11 is 0. The van der Waals surface area contributed by atoms with Gasteiger partial charge in [-0.1, -0.05) is 19.9 Å². The zero-order chi connectivity index (χ0) is 13.1. The molecule has 1 saturated heterocycles. The van der Waals surface area contributed by atoms with Gasteiger partial charge in [0, 0.05) is 44.1 Å². The number of hydrogen-bond acceptors (Lipinski definition) is 3. The third-order valence-electron chi connectivity index (χ3n) is 3.57. The molecule has 3 nitrogen and oxygen atoms in total. The van der Waals surface area contributed by atoms with Crippen molar-refractivity contribution in [1.82, 2.24) is 4.90 Å². The Bertz CT molecular complexity index is 393. The van der Waals surface area contributed by atoms with E-state index in [0.717, 1.165) is 37.8 Å². The molecular formula is C15H25N3. The Hall–Kier alpha value is -1.22. The van der Waals surface area contributed by atoms with Crippen LogP contribution in [0, 0.1) is 12.8 Å². The zero-order valence-corrected chi connectivity index (χ0v) is 11.8. The molecule has 0 amide bonds. The van der Waals surface area contributed by atoms with Crippen molar-refractivity contribution in [2.45, 2.75) is 20.8 Å². The largest absolute Gasteiger partial charge is 0.399 e. The third-order valence-corrected chi connectivity index (χ3v) is 3.57. The topological polar surface area (TPSA) is 32.5 Å². The quantitative estimate of drug-likeness (QED) is 0.832. The van der Waals surface area contributed by atoms with Crippen LogP contribution < -0.4 is 10.6 Å². The van der Waals surface area contributed by atoms with Crippen molar-refractivity contribution in [3.63, 3.8) is 0 Å². The van der Waals surface area contributed by atoms with Crippen LogP contribution in [0.2, 0.25) is 0 Å². The van der Waals surface area contributed by atoms with Crippen molar-refractivity contribution in [3.8, 4) is 0 Å². The van der Waals surface area contributed by atoms with Gasteiger partial charge in [0.25, 0.3) is 0 Å². The number of hydrogen-bond donors (Lipinski definition) is 1. The van der Waals surface area contributed by atoms with E-state index in [9.17, 15) is 0 Å². The molecule has 1 aromatic rings. The first-order valence-corrected chi connectivity index (χ1v) is 6.89. The second-order valence-electron chi connectivity index (χ2n) is 5.73. The molecule has 0 unspecified atom stereocenters. The summed E-state index contributed by atoms with van der Waals surface area (Å²) in [6.07, 6.45) is 0. The fourth-order valence-corrected chi connectivity index (χ4v) is 2.65. The van der Waals surface area contributed by atoms with Gasteiger partial charge in [0.15, 0.2) is 0 Å². The van der Waals surface area contributed by atoms with Gasteiger partial charge in [0.05, 0.1) is 0 Å². The van der Waals surface area contributed by atoms with Gasteiger partial charge in [0.2, 0.25) is 0 Å². The number of nitrogens with zero attached hydrogens (tertiary/aromatic N) is 2. The number of aryl methyl sites for hydroxylation is 1. The molecule has 0 aromatic heterocycles. The summed E-state index contributed by atoms with van der Waals surface area (Å²) in [5, 5.41) is 0. The van der Waals surface area contributed by atoms with Gasteiger partial charge in [-0.3, -0.25) is 4.90 Å². The average molecular weight is 247 g/mol. The molecule has 2 rings (SSSR count). The molecule has 0 bridgehead atoms. The van der Waals surface area contributed by atoms with Crippen molar-refractivity contribution in [2.75, 3.05) is 43.4 Å². The highest BCUT2D eigenvalue weighted by Gasteiger charge is 2.18. The molecule has 0 radical (unpaired) electrons. The lowest BCUT2D eigenvalue weighted by molar-refractivity contribution is 0.231. The van der Waals surface area contributed by atoms with Gasteiger partial charge >= 0.3 is 0 Å². The van der Waals surface area contributed by atoms with E-state index < -0.39 is 0 Å². The maximum absolute atomic E-state index is 5.89. The lowest BCUT2D eigenvalue weighted by atomic mass is 10.1. The molecular weight excluding hydrogens is 222 g/mol. The molecule has 2 N–H and O–H groups in total. The van der Waals surface area contributed by atoms with E-state index in [0.29, 0.717) is 0 Å². The van der Waals surface area contributed by atoms with Crippen LogP contribution in [0.5, 0.6) is 0 Å². The van der Waals surface area contributed by atoms with Crippen molar-refractivity contribution >= 4 is 11.4 Å². The van der Waals surface area contributed by atoms with Crippen LogP contribution in [0.15, 0.2) is 18.2 Å². The number of anilines is 2. The molecule has 0 spiro atoms. The first-order chi connectivity index (χ1) is 8.56. The van der Waals surface area contributed by atoms with Gasteiger partial charge in [-0.05, 0) is 30.5 Å². The summed E-state index contributed by atoms with van der Waals surface area (Å²) in [6.45, 7) is 12.5. The molecule has 1 aliphatic rings. The highest BCUT2D eigenvalue weighted by molar-refractivity contribution is 5.61. The molecule has 3 heteroatoms. The van der Waals surface area contributed by atoms with Gasteiger partial charge in [-0.2, -0.15) is 0 Å². The Labute approximate surface area is 111 Å². The monoisotopic (exact) mass is 247 g/mol. The van der Waals surface area contributed by atoms with Gasteiger partial charge in [0.1, 0.15) is 0 Å². The zero-order valence-electron chi connectivity index (χ0n) is 11.8. The van der Waals surface area contributed by atoms with Crippen LogP contribution in [0.1, 0.15) is 19.4 Å². The predicted molar refractivity (Wildman–Crippen MR) is 79.1 cm³/mol. The van der Waals surface area contributed by atoms with Crippen molar-refractivity contribution in [1.29, 1.82) is 0 Å². The molecule has 1 fully saturated rings. The average Bonchev–Trinajstić information content (AvgIpc) is 2.33. The van der Waals surface area contributed by atoms with E-state index in [-0.39, 0.29) is 0 Å². The Kier molecular flexibility index (Phi) is 4.12. The van der Waals surface area contributed by atoms with E-state index >= 15 is 0 Å².